The number of para-hydroxylation sites is 1. The largest absolute Gasteiger partial charge is 0.380 e. The van der Waals surface area contributed by atoms with Crippen LogP contribution in [0.2, 0.25) is 0 Å². The van der Waals surface area contributed by atoms with Crippen molar-refractivity contribution in [1.29, 1.82) is 0 Å². The second-order valence-corrected chi connectivity index (χ2v) is 5.22. The van der Waals surface area contributed by atoms with E-state index < -0.39 is 0 Å². The fourth-order valence-corrected chi connectivity index (χ4v) is 1.98. The summed E-state index contributed by atoms with van der Waals surface area (Å²) in [6.07, 6.45) is 3.76. The maximum Gasteiger partial charge on any atom is 0.0690 e. The summed E-state index contributed by atoms with van der Waals surface area (Å²) in [5.41, 5.74) is 2.35. The molecule has 0 aliphatic carbocycles. The molecular weight excluding hydrogens is 250 g/mol. The Kier molecular flexibility index (Phi) is 5.77. The molecule has 20 heavy (non-hydrogen) atoms. The highest BCUT2D eigenvalue weighted by molar-refractivity contribution is 5.40. The molecular formula is C16H23N3O. The first kappa shape index (κ1) is 14.8. The summed E-state index contributed by atoms with van der Waals surface area (Å²) in [5.74, 6) is 0.593. The number of benzene rings is 1. The van der Waals surface area contributed by atoms with Crippen LogP contribution in [0.1, 0.15) is 19.4 Å². The second kappa shape index (κ2) is 7.82. The van der Waals surface area contributed by atoms with E-state index >= 15 is 0 Å². The van der Waals surface area contributed by atoms with Gasteiger partial charge in [-0.05, 0) is 23.6 Å². The van der Waals surface area contributed by atoms with Crippen LogP contribution in [0, 0.1) is 5.92 Å². The van der Waals surface area contributed by atoms with E-state index in [9.17, 15) is 0 Å². The van der Waals surface area contributed by atoms with Crippen LogP contribution in [-0.2, 0) is 11.3 Å². The van der Waals surface area contributed by atoms with E-state index in [1.807, 2.05) is 23.0 Å². The molecule has 4 heteroatoms. The van der Waals surface area contributed by atoms with Gasteiger partial charge in [0.2, 0.25) is 0 Å². The van der Waals surface area contributed by atoms with Gasteiger partial charge in [-0.1, -0.05) is 32.0 Å². The van der Waals surface area contributed by atoms with Crippen LogP contribution in [0.5, 0.6) is 0 Å². The van der Waals surface area contributed by atoms with Crippen molar-refractivity contribution < 1.29 is 4.74 Å². The van der Waals surface area contributed by atoms with Gasteiger partial charge in [-0.3, -0.25) is 0 Å². The van der Waals surface area contributed by atoms with Crippen LogP contribution in [0.3, 0.4) is 0 Å². The Bertz CT molecular complexity index is 494. The molecule has 108 valence electrons. The van der Waals surface area contributed by atoms with Gasteiger partial charge in [0.05, 0.1) is 12.3 Å². The van der Waals surface area contributed by atoms with Crippen LogP contribution < -0.4 is 5.32 Å². The Labute approximate surface area is 120 Å². The van der Waals surface area contributed by atoms with E-state index in [2.05, 4.69) is 42.5 Å². The summed E-state index contributed by atoms with van der Waals surface area (Å²) in [5, 5.41) is 7.70. The van der Waals surface area contributed by atoms with Crippen molar-refractivity contribution in [3.8, 4) is 5.69 Å². The van der Waals surface area contributed by atoms with Crippen LogP contribution >= 0.6 is 0 Å². The third kappa shape index (κ3) is 4.47. The van der Waals surface area contributed by atoms with Gasteiger partial charge in [0, 0.05) is 32.1 Å². The number of nitrogens with one attached hydrogen (secondary N) is 1. The molecule has 0 spiro atoms. The van der Waals surface area contributed by atoms with E-state index in [4.69, 9.17) is 4.74 Å². The maximum atomic E-state index is 5.56. The highest BCUT2D eigenvalue weighted by Crippen LogP contribution is 2.12. The lowest BCUT2D eigenvalue weighted by molar-refractivity contribution is 0.111. The average molecular weight is 273 g/mol. The molecule has 0 aliphatic rings. The van der Waals surface area contributed by atoms with Crippen LogP contribution in [-0.4, -0.2) is 29.5 Å². The van der Waals surface area contributed by atoms with E-state index in [1.54, 1.807) is 6.20 Å². The zero-order valence-corrected chi connectivity index (χ0v) is 12.2. The van der Waals surface area contributed by atoms with E-state index in [0.717, 1.165) is 32.0 Å². The molecule has 0 saturated heterocycles. The Balaban J connectivity index is 1.81. The van der Waals surface area contributed by atoms with Gasteiger partial charge < -0.3 is 10.1 Å². The van der Waals surface area contributed by atoms with Gasteiger partial charge in [-0.15, -0.1) is 0 Å². The van der Waals surface area contributed by atoms with Crippen molar-refractivity contribution in [2.75, 3.05) is 19.8 Å². The Morgan fingerprint density at radius 1 is 1.25 bits per heavy atom. The molecule has 0 radical (unpaired) electrons. The minimum Gasteiger partial charge on any atom is -0.380 e. The standard InChI is InChI=1S/C16H23N3O/c1-14(2)13-20-11-9-17-12-15-6-3-4-7-16(15)19-10-5-8-18-19/h3-8,10,14,17H,9,11-13H2,1-2H3. The fraction of sp³-hybridized carbons (Fsp3) is 0.438. The fourth-order valence-electron chi connectivity index (χ4n) is 1.98. The number of hydrogen-bond donors (Lipinski definition) is 1. The van der Waals surface area contributed by atoms with Crippen molar-refractivity contribution in [1.82, 2.24) is 15.1 Å². The van der Waals surface area contributed by atoms with Crippen molar-refractivity contribution in [3.05, 3.63) is 48.3 Å². The number of aromatic nitrogens is 2. The molecule has 4 nitrogen and oxygen atoms in total. The topological polar surface area (TPSA) is 39.1 Å². The van der Waals surface area contributed by atoms with Crippen LogP contribution in [0.15, 0.2) is 42.7 Å². The molecule has 0 bridgehead atoms. The lowest BCUT2D eigenvalue weighted by Crippen LogP contribution is -2.21. The SMILES string of the molecule is CC(C)COCCNCc1ccccc1-n1cccn1. The summed E-state index contributed by atoms with van der Waals surface area (Å²) in [7, 11) is 0. The number of hydrogen-bond acceptors (Lipinski definition) is 3. The number of ether oxygens (including phenoxy) is 1. The Morgan fingerprint density at radius 2 is 2.10 bits per heavy atom. The molecule has 2 aromatic rings. The summed E-state index contributed by atoms with van der Waals surface area (Å²) >= 11 is 0. The van der Waals surface area contributed by atoms with Crippen LogP contribution in [0.25, 0.3) is 5.69 Å². The Morgan fingerprint density at radius 3 is 2.85 bits per heavy atom. The van der Waals surface area contributed by atoms with Gasteiger partial charge in [-0.2, -0.15) is 5.10 Å². The molecule has 0 atom stereocenters. The lowest BCUT2D eigenvalue weighted by atomic mass is 10.2. The third-order valence-corrected chi connectivity index (χ3v) is 2.93. The van der Waals surface area contributed by atoms with Crippen LogP contribution in [0.4, 0.5) is 0 Å². The average Bonchev–Trinajstić information content (AvgIpc) is 2.97. The number of nitrogens with zero attached hydrogens (tertiary/aromatic N) is 2. The van der Waals surface area contributed by atoms with Crippen molar-refractivity contribution in [2.24, 2.45) is 5.92 Å². The Hall–Kier alpha value is -1.65. The summed E-state index contributed by atoms with van der Waals surface area (Å²) < 4.78 is 7.45. The summed E-state index contributed by atoms with van der Waals surface area (Å²) in [4.78, 5) is 0. The minimum absolute atomic E-state index is 0.593. The van der Waals surface area contributed by atoms with E-state index in [-0.39, 0.29) is 0 Å². The minimum atomic E-state index is 0.593. The first-order valence-corrected chi connectivity index (χ1v) is 7.13. The molecule has 0 aliphatic heterocycles. The summed E-state index contributed by atoms with van der Waals surface area (Å²) in [6.45, 7) is 7.58. The van der Waals surface area contributed by atoms with Crippen molar-refractivity contribution in [3.63, 3.8) is 0 Å². The molecule has 0 saturated carbocycles. The van der Waals surface area contributed by atoms with Gasteiger partial charge in [0.25, 0.3) is 0 Å². The maximum absolute atomic E-state index is 5.56. The predicted octanol–water partition coefficient (Wildman–Crippen LogP) is 2.63. The molecule has 0 amide bonds. The molecule has 1 N–H and O–H groups in total. The second-order valence-electron chi connectivity index (χ2n) is 5.22. The highest BCUT2D eigenvalue weighted by Gasteiger charge is 2.03. The summed E-state index contributed by atoms with van der Waals surface area (Å²) in [6, 6.07) is 10.2. The normalized spacial score (nSPS) is 11.2. The molecule has 0 fully saturated rings. The quantitative estimate of drug-likeness (QED) is 0.752. The molecule has 1 aromatic heterocycles. The first-order chi connectivity index (χ1) is 9.77. The van der Waals surface area contributed by atoms with E-state index in [0.29, 0.717) is 5.92 Å². The monoisotopic (exact) mass is 273 g/mol. The van der Waals surface area contributed by atoms with Gasteiger partial charge in [0.1, 0.15) is 0 Å². The molecule has 1 heterocycles. The molecule has 1 aromatic carbocycles. The highest BCUT2D eigenvalue weighted by atomic mass is 16.5. The molecule has 0 unspecified atom stereocenters. The van der Waals surface area contributed by atoms with E-state index in [1.165, 1.54) is 5.56 Å². The predicted molar refractivity (Wildman–Crippen MR) is 80.9 cm³/mol. The molecule has 2 rings (SSSR count). The van der Waals surface area contributed by atoms with Gasteiger partial charge in [-0.25, -0.2) is 4.68 Å². The lowest BCUT2D eigenvalue weighted by Gasteiger charge is -2.11. The zero-order valence-electron chi connectivity index (χ0n) is 12.2. The van der Waals surface area contributed by atoms with Gasteiger partial charge >= 0.3 is 0 Å². The van der Waals surface area contributed by atoms with Gasteiger partial charge in [0.15, 0.2) is 0 Å². The smallest absolute Gasteiger partial charge is 0.0690 e. The van der Waals surface area contributed by atoms with Crippen molar-refractivity contribution >= 4 is 0 Å². The number of rotatable bonds is 8. The first-order valence-electron chi connectivity index (χ1n) is 7.13. The third-order valence-electron chi connectivity index (χ3n) is 2.93. The van der Waals surface area contributed by atoms with Crippen molar-refractivity contribution in [2.45, 2.75) is 20.4 Å². The zero-order chi connectivity index (χ0) is 14.2.